The topological polar surface area (TPSA) is 153 Å². The summed E-state index contributed by atoms with van der Waals surface area (Å²) in [4.78, 5) is 42.2. The second-order valence-electron chi connectivity index (χ2n) is 2.77. The van der Waals surface area contributed by atoms with Crippen LogP contribution >= 0.6 is 15.2 Å². The van der Waals surface area contributed by atoms with Gasteiger partial charge in [0.05, 0.1) is 0 Å². The normalized spacial score (nSPS) is 12.8. The van der Waals surface area contributed by atoms with Crippen molar-refractivity contribution < 1.29 is 28.7 Å². The third-order valence-electron chi connectivity index (χ3n) is 1.46. The van der Waals surface area contributed by atoms with Crippen molar-refractivity contribution in [2.24, 2.45) is 0 Å². The molecule has 0 saturated carbocycles. The molecule has 0 bridgehead atoms. The molecule has 0 fully saturated rings. The number of hydrogen-bond acceptors (Lipinski definition) is 5. The van der Waals surface area contributed by atoms with Crippen molar-refractivity contribution >= 4 is 21.1 Å². The van der Waals surface area contributed by atoms with Gasteiger partial charge in [-0.25, -0.2) is 9.97 Å². The molecule has 0 radical (unpaired) electrons. The summed E-state index contributed by atoms with van der Waals surface area (Å²) in [5.41, 5.74) is -2.35. The molecule has 0 aliphatic carbocycles. The first-order valence-electron chi connectivity index (χ1n) is 3.85. The summed E-state index contributed by atoms with van der Waals surface area (Å²) in [5, 5.41) is 1.91. The van der Waals surface area contributed by atoms with E-state index in [1.54, 1.807) is 0 Å². The molecule has 0 atom stereocenters. The summed E-state index contributed by atoms with van der Waals surface area (Å²) in [7, 11) is -10.0. The average Bonchev–Trinajstić information content (AvgIpc) is 2.12. The van der Waals surface area contributed by atoms with Crippen LogP contribution in [0.4, 0.5) is 5.95 Å². The van der Waals surface area contributed by atoms with E-state index >= 15 is 0 Å². The number of nitrogens with zero attached hydrogens (tertiary/aromatic N) is 2. The molecule has 9 nitrogen and oxygen atoms in total. The number of nitrogens with one attached hydrogen (secondary N) is 1. The van der Waals surface area contributed by atoms with Crippen LogP contribution in [-0.2, 0) is 9.13 Å². The maximum absolute atomic E-state index is 10.9. The van der Waals surface area contributed by atoms with Crippen LogP contribution in [0.5, 0.6) is 0 Å². The van der Waals surface area contributed by atoms with E-state index < -0.39 is 20.7 Å². The van der Waals surface area contributed by atoms with E-state index in [0.29, 0.717) is 0 Å². The molecule has 0 spiro atoms. The Kier molecular flexibility index (Phi) is 3.80. The first-order valence-corrected chi connectivity index (χ1v) is 7.21. The minimum absolute atomic E-state index is 0.279. The first-order chi connectivity index (χ1) is 7.21. The lowest BCUT2D eigenvalue weighted by Gasteiger charge is -2.20. The molecular weight excluding hydrogens is 260 g/mol. The van der Waals surface area contributed by atoms with Gasteiger partial charge in [-0.05, 0) is 6.07 Å². The molecule has 5 N–H and O–H groups in total. The molecule has 0 saturated heterocycles. The fourth-order valence-electron chi connectivity index (χ4n) is 0.853. The molecule has 1 aromatic heterocycles. The van der Waals surface area contributed by atoms with E-state index in [1.807, 2.05) is 5.32 Å². The fourth-order valence-corrected chi connectivity index (χ4v) is 2.99. The maximum Gasteiger partial charge on any atom is 0.360 e. The summed E-state index contributed by atoms with van der Waals surface area (Å²) < 4.78 is 21.7. The quantitative estimate of drug-likeness (QED) is 0.456. The molecule has 1 aromatic rings. The first kappa shape index (κ1) is 13.2. The van der Waals surface area contributed by atoms with Crippen molar-refractivity contribution in [1.82, 2.24) is 9.97 Å². The largest absolute Gasteiger partial charge is 0.360 e. The molecule has 1 heterocycles. The van der Waals surface area contributed by atoms with Crippen molar-refractivity contribution in [3.05, 3.63) is 18.5 Å². The van der Waals surface area contributed by atoms with Crippen LogP contribution < -0.4 is 5.32 Å². The van der Waals surface area contributed by atoms with Gasteiger partial charge in [-0.3, -0.25) is 9.13 Å². The maximum atomic E-state index is 10.9. The van der Waals surface area contributed by atoms with Gasteiger partial charge in [-0.15, -0.1) is 0 Å². The summed E-state index contributed by atoms with van der Waals surface area (Å²) in [6, 6.07) is 1.44. The molecule has 0 aliphatic heterocycles. The SMILES string of the molecule is O=P(O)(O)C(Nc1ncccn1)P(=O)(O)O. The van der Waals surface area contributed by atoms with E-state index in [0.717, 1.165) is 0 Å². The van der Waals surface area contributed by atoms with Crippen LogP contribution in [0, 0.1) is 0 Å². The molecule has 1 rings (SSSR count). The van der Waals surface area contributed by atoms with Gasteiger partial charge in [-0.2, -0.15) is 0 Å². The van der Waals surface area contributed by atoms with Gasteiger partial charge in [0.2, 0.25) is 11.5 Å². The molecule has 0 aliphatic rings. The minimum atomic E-state index is -5.02. The Balaban J connectivity index is 2.99. The molecular formula is C5H9N3O6P2. The fraction of sp³-hybridized carbons (Fsp3) is 0.200. The number of anilines is 1. The van der Waals surface area contributed by atoms with E-state index in [2.05, 4.69) is 9.97 Å². The van der Waals surface area contributed by atoms with Crippen molar-refractivity contribution in [2.45, 2.75) is 5.52 Å². The summed E-state index contributed by atoms with van der Waals surface area (Å²) in [5.74, 6) is -0.279. The van der Waals surface area contributed by atoms with Crippen molar-refractivity contribution in [1.29, 1.82) is 0 Å². The highest BCUT2D eigenvalue weighted by Gasteiger charge is 2.43. The lowest BCUT2D eigenvalue weighted by molar-refractivity contribution is 0.343. The van der Waals surface area contributed by atoms with Crippen LogP contribution in [0.15, 0.2) is 18.5 Å². The van der Waals surface area contributed by atoms with Crippen molar-refractivity contribution in [3.8, 4) is 0 Å². The van der Waals surface area contributed by atoms with Gasteiger partial charge in [-0.1, -0.05) is 0 Å². The Bertz CT molecular complexity index is 419. The number of hydrogen-bond donors (Lipinski definition) is 5. The van der Waals surface area contributed by atoms with Gasteiger partial charge >= 0.3 is 15.2 Å². The number of aromatic nitrogens is 2. The highest BCUT2D eigenvalue weighted by molar-refractivity contribution is 7.71. The molecule has 16 heavy (non-hydrogen) atoms. The second kappa shape index (κ2) is 4.58. The van der Waals surface area contributed by atoms with Gasteiger partial charge in [0.15, 0.2) is 0 Å². The Morgan fingerprint density at radius 3 is 1.88 bits per heavy atom. The predicted molar refractivity (Wildman–Crippen MR) is 53.5 cm³/mol. The smallest absolute Gasteiger partial charge is 0.330 e. The Labute approximate surface area is 89.9 Å². The third-order valence-corrected chi connectivity index (χ3v) is 4.80. The van der Waals surface area contributed by atoms with Crippen LogP contribution in [0.1, 0.15) is 0 Å². The third kappa shape index (κ3) is 3.64. The zero-order chi connectivity index (χ0) is 12.4. The van der Waals surface area contributed by atoms with Crippen LogP contribution in [0.2, 0.25) is 0 Å². The molecule has 90 valence electrons. The van der Waals surface area contributed by atoms with Crippen molar-refractivity contribution in [3.63, 3.8) is 0 Å². The van der Waals surface area contributed by atoms with Gasteiger partial charge in [0.25, 0.3) is 0 Å². The second-order valence-corrected chi connectivity index (χ2v) is 6.57. The van der Waals surface area contributed by atoms with E-state index in [-0.39, 0.29) is 5.95 Å². The van der Waals surface area contributed by atoms with Crippen molar-refractivity contribution in [2.75, 3.05) is 5.32 Å². The Hall–Kier alpha value is -0.820. The zero-order valence-electron chi connectivity index (χ0n) is 7.70. The summed E-state index contributed by atoms with van der Waals surface area (Å²) in [6.45, 7) is 0. The lowest BCUT2D eigenvalue weighted by Crippen LogP contribution is -2.21. The van der Waals surface area contributed by atoms with Gasteiger partial charge < -0.3 is 24.9 Å². The average molecular weight is 269 g/mol. The molecule has 0 amide bonds. The standard InChI is InChI=1S/C5H9N3O6P2/c9-15(10,11)5(16(12,13)14)8-4-6-2-1-3-7-4/h1-3,5H,(H,6,7,8)(H2,9,10,11)(H2,12,13,14). The van der Waals surface area contributed by atoms with Gasteiger partial charge in [0.1, 0.15) is 0 Å². The van der Waals surface area contributed by atoms with Gasteiger partial charge in [0, 0.05) is 12.4 Å². The molecule has 0 unspecified atom stereocenters. The Morgan fingerprint density at radius 2 is 1.50 bits per heavy atom. The minimum Gasteiger partial charge on any atom is -0.330 e. The summed E-state index contributed by atoms with van der Waals surface area (Å²) >= 11 is 0. The Morgan fingerprint density at radius 1 is 1.06 bits per heavy atom. The molecule has 11 heteroatoms. The highest BCUT2D eigenvalue weighted by atomic mass is 31.2. The molecule has 0 aromatic carbocycles. The lowest BCUT2D eigenvalue weighted by atomic mass is 10.7. The predicted octanol–water partition coefficient (Wildman–Crippen LogP) is -0.473. The summed E-state index contributed by atoms with van der Waals surface area (Å²) in [6.07, 6.45) is 2.51. The number of rotatable bonds is 4. The van der Waals surface area contributed by atoms with E-state index in [4.69, 9.17) is 19.6 Å². The zero-order valence-corrected chi connectivity index (χ0v) is 9.49. The highest BCUT2D eigenvalue weighted by Crippen LogP contribution is 2.59. The van der Waals surface area contributed by atoms with Crippen LogP contribution in [0.25, 0.3) is 0 Å². The van der Waals surface area contributed by atoms with Crippen LogP contribution in [-0.4, -0.2) is 35.1 Å². The van der Waals surface area contributed by atoms with E-state index in [1.165, 1.54) is 18.5 Å². The van der Waals surface area contributed by atoms with E-state index in [9.17, 15) is 9.13 Å². The monoisotopic (exact) mass is 269 g/mol. The van der Waals surface area contributed by atoms with Crippen LogP contribution in [0.3, 0.4) is 0 Å².